The van der Waals surface area contributed by atoms with Crippen LogP contribution >= 0.6 is 0 Å². The monoisotopic (exact) mass is 325 g/mol. The largest absolute Gasteiger partial charge is 0.394 e. The van der Waals surface area contributed by atoms with Crippen molar-refractivity contribution in [3.8, 4) is 12.3 Å². The Kier molecular flexibility index (Phi) is 3.71. The molecule has 0 aromatic heterocycles. The zero-order valence-electron chi connectivity index (χ0n) is 12.2. The molecule has 6 atom stereocenters. The maximum Gasteiger partial charge on any atom is 0.255 e. The molecule has 0 radical (unpaired) electrons. The van der Waals surface area contributed by atoms with Gasteiger partial charge in [-0.05, 0) is 0 Å². The summed E-state index contributed by atoms with van der Waals surface area (Å²) in [6, 6.07) is -0.837. The van der Waals surface area contributed by atoms with Gasteiger partial charge in [0.05, 0.1) is 12.9 Å². The van der Waals surface area contributed by atoms with Gasteiger partial charge in [-0.2, -0.15) is 0 Å². The number of hydrogen-bond acceptors (Lipinski definition) is 7. The number of halogens is 1. The molecule has 3 aliphatic heterocycles. The fourth-order valence-electron chi connectivity index (χ4n) is 2.87. The van der Waals surface area contributed by atoms with Gasteiger partial charge in [0, 0.05) is 7.05 Å². The summed E-state index contributed by atoms with van der Waals surface area (Å²) in [6.07, 6.45) is 1.43. The van der Waals surface area contributed by atoms with Gasteiger partial charge in [-0.1, -0.05) is 5.92 Å². The molecule has 2 saturated heterocycles. The first-order chi connectivity index (χ1) is 11.0. The fourth-order valence-corrected chi connectivity index (χ4v) is 2.87. The number of aliphatic hydroxyl groups is 2. The van der Waals surface area contributed by atoms with Gasteiger partial charge in [-0.15, -0.1) is 6.42 Å². The molecule has 3 aliphatic rings. The minimum atomic E-state index is -2.56. The Balaban J connectivity index is 1.91. The molecule has 0 spiro atoms. The zero-order valence-corrected chi connectivity index (χ0v) is 12.2. The number of rotatable bonds is 2. The van der Waals surface area contributed by atoms with Crippen molar-refractivity contribution in [1.29, 1.82) is 0 Å². The van der Waals surface area contributed by atoms with Crippen molar-refractivity contribution >= 4 is 18.2 Å². The van der Waals surface area contributed by atoms with E-state index in [2.05, 4.69) is 20.6 Å². The van der Waals surface area contributed by atoms with Gasteiger partial charge in [0.25, 0.3) is 5.91 Å². The van der Waals surface area contributed by atoms with Gasteiger partial charge >= 0.3 is 0 Å². The fraction of sp³-hybridized carbons (Fsp3) is 0.615. The number of carbonyl (C=O) groups is 1. The van der Waals surface area contributed by atoms with Crippen LogP contribution in [0.2, 0.25) is 0 Å². The first-order valence-electron chi connectivity index (χ1n) is 6.92. The van der Waals surface area contributed by atoms with E-state index in [0.717, 1.165) is 0 Å². The van der Waals surface area contributed by atoms with Gasteiger partial charge < -0.3 is 25.2 Å². The number of aliphatic hydroxyl groups excluding tert-OH is 2. The molecule has 2 fully saturated rings. The van der Waals surface area contributed by atoms with Crippen LogP contribution < -0.4 is 10.6 Å². The molecular weight excluding hydrogens is 309 g/mol. The van der Waals surface area contributed by atoms with E-state index in [1.807, 2.05) is 5.92 Å². The molecule has 9 nitrogen and oxygen atoms in total. The zero-order chi connectivity index (χ0) is 16.8. The van der Waals surface area contributed by atoms with E-state index >= 15 is 4.39 Å². The van der Waals surface area contributed by atoms with Gasteiger partial charge in [0.15, 0.2) is 18.2 Å². The number of fused-ring (bicyclic) bond motifs is 1. The summed E-state index contributed by atoms with van der Waals surface area (Å²) in [5.41, 5.74) is -2.56. The second kappa shape index (κ2) is 5.45. The summed E-state index contributed by atoms with van der Waals surface area (Å²) in [5, 5.41) is 24.6. The molecule has 0 aliphatic carbocycles. The lowest BCUT2D eigenvalue weighted by molar-refractivity contribution is -0.125. The average molecular weight is 325 g/mol. The van der Waals surface area contributed by atoms with Crippen molar-refractivity contribution in [3.05, 3.63) is 0 Å². The van der Waals surface area contributed by atoms with Crippen LogP contribution in [-0.2, 0) is 9.53 Å². The summed E-state index contributed by atoms with van der Waals surface area (Å²) in [6.45, 7) is -0.598. The Morgan fingerprint density at radius 3 is 3.04 bits per heavy atom. The number of guanidine groups is 1. The number of terminal acetylenes is 1. The first-order valence-corrected chi connectivity index (χ1v) is 6.92. The number of alkyl halides is 1. The number of aliphatic imine (C=N–C) groups is 2. The van der Waals surface area contributed by atoms with Crippen molar-refractivity contribution in [2.45, 2.75) is 36.3 Å². The quantitative estimate of drug-likeness (QED) is 0.406. The van der Waals surface area contributed by atoms with Crippen LogP contribution in [0.3, 0.4) is 0 Å². The molecule has 3 unspecified atom stereocenters. The smallest absolute Gasteiger partial charge is 0.255 e. The Morgan fingerprint density at radius 1 is 1.70 bits per heavy atom. The van der Waals surface area contributed by atoms with Crippen molar-refractivity contribution in [2.24, 2.45) is 9.98 Å². The molecule has 3 rings (SSSR count). The highest BCUT2D eigenvalue weighted by atomic mass is 19.1. The van der Waals surface area contributed by atoms with Crippen molar-refractivity contribution in [3.63, 3.8) is 0 Å². The number of nitrogens with zero attached hydrogens (tertiary/aromatic N) is 3. The molecule has 0 aromatic rings. The van der Waals surface area contributed by atoms with Crippen LogP contribution in [0.1, 0.15) is 0 Å². The molecule has 0 bridgehead atoms. The standard InChI is InChI=1S/C13H16FN5O4/c1-3-13(14)8(21)6(4-20)23-11(13)19-5-16-7-9(19)17-12(15-2)18-10(7)22/h1,5-9,11,20-21H,4H2,2H3,(H2,15,17,18,22)/t6-,7?,8+,9?,11-,13?/m1/s1. The van der Waals surface area contributed by atoms with Crippen LogP contribution in [0.25, 0.3) is 0 Å². The third-order valence-corrected chi connectivity index (χ3v) is 4.12. The third kappa shape index (κ3) is 2.16. The van der Waals surface area contributed by atoms with Gasteiger partial charge in [-0.3, -0.25) is 20.1 Å². The second-order valence-corrected chi connectivity index (χ2v) is 5.37. The van der Waals surface area contributed by atoms with Crippen LogP contribution in [0.4, 0.5) is 4.39 Å². The molecule has 0 saturated carbocycles. The van der Waals surface area contributed by atoms with Gasteiger partial charge in [0.1, 0.15) is 18.4 Å². The van der Waals surface area contributed by atoms with Crippen LogP contribution in [0.15, 0.2) is 9.98 Å². The van der Waals surface area contributed by atoms with E-state index in [9.17, 15) is 15.0 Å². The van der Waals surface area contributed by atoms with E-state index in [0.29, 0.717) is 0 Å². The lowest BCUT2D eigenvalue weighted by Gasteiger charge is -2.38. The molecule has 124 valence electrons. The van der Waals surface area contributed by atoms with Gasteiger partial charge in [-0.25, -0.2) is 4.39 Å². The van der Waals surface area contributed by atoms with Crippen molar-refractivity contribution in [2.75, 3.05) is 13.7 Å². The van der Waals surface area contributed by atoms with E-state index in [1.54, 1.807) is 0 Å². The number of carbonyl (C=O) groups excluding carboxylic acids is 1. The lowest BCUT2D eigenvalue weighted by atomic mass is 9.96. The molecule has 1 amide bonds. The van der Waals surface area contributed by atoms with E-state index in [4.69, 9.17) is 11.2 Å². The molecular formula is C13H16FN5O4. The highest BCUT2D eigenvalue weighted by Crippen LogP contribution is 2.38. The summed E-state index contributed by atoms with van der Waals surface area (Å²) < 4.78 is 20.4. The highest BCUT2D eigenvalue weighted by Gasteiger charge is 2.61. The van der Waals surface area contributed by atoms with Crippen LogP contribution in [-0.4, -0.2) is 83.3 Å². The highest BCUT2D eigenvalue weighted by molar-refractivity contribution is 6.03. The predicted octanol–water partition coefficient (Wildman–Crippen LogP) is -2.85. The number of ether oxygens (including phenoxy) is 1. The SMILES string of the molecule is C#CC1(F)[C@@H](O)[C@@H](CO)O[C@H]1N1C=NC2C(=O)NC(=NC)NC21. The Hall–Kier alpha value is -2.22. The van der Waals surface area contributed by atoms with E-state index in [1.165, 1.54) is 18.3 Å². The van der Waals surface area contributed by atoms with Gasteiger partial charge in [0.2, 0.25) is 5.67 Å². The minimum Gasteiger partial charge on any atom is -0.394 e. The minimum absolute atomic E-state index is 0.203. The lowest BCUT2D eigenvalue weighted by Crippen LogP contribution is -2.67. The second-order valence-electron chi connectivity index (χ2n) is 5.37. The number of amides is 1. The molecule has 23 heavy (non-hydrogen) atoms. The molecule has 10 heteroatoms. The molecule has 4 N–H and O–H groups in total. The number of hydrogen-bond donors (Lipinski definition) is 4. The third-order valence-electron chi connectivity index (χ3n) is 4.12. The summed E-state index contributed by atoms with van der Waals surface area (Å²) in [7, 11) is 1.47. The molecule has 3 heterocycles. The average Bonchev–Trinajstić information content (AvgIpc) is 3.08. The van der Waals surface area contributed by atoms with E-state index in [-0.39, 0.29) is 5.96 Å². The van der Waals surface area contributed by atoms with E-state index < -0.39 is 48.8 Å². The maximum absolute atomic E-state index is 15.0. The van der Waals surface area contributed by atoms with Crippen LogP contribution in [0.5, 0.6) is 0 Å². The Labute approximate surface area is 131 Å². The topological polar surface area (TPSA) is 119 Å². The normalized spacial score (nSPS) is 44.0. The summed E-state index contributed by atoms with van der Waals surface area (Å²) in [5.74, 6) is 1.69. The summed E-state index contributed by atoms with van der Waals surface area (Å²) in [4.78, 5) is 21.1. The van der Waals surface area contributed by atoms with Crippen LogP contribution in [0, 0.1) is 12.3 Å². The Bertz CT molecular complexity index is 620. The molecule has 0 aromatic carbocycles. The number of nitrogens with one attached hydrogen (secondary N) is 2. The first kappa shape index (κ1) is 15.7. The predicted molar refractivity (Wildman–Crippen MR) is 77.0 cm³/mol. The van der Waals surface area contributed by atoms with Crippen molar-refractivity contribution in [1.82, 2.24) is 15.5 Å². The van der Waals surface area contributed by atoms with Crippen molar-refractivity contribution < 1.29 is 24.1 Å². The maximum atomic E-state index is 15.0. The Morgan fingerprint density at radius 2 is 2.43 bits per heavy atom. The summed E-state index contributed by atoms with van der Waals surface area (Å²) >= 11 is 0.